The minimum Gasteiger partial charge on any atom is -0.360 e. The Morgan fingerprint density at radius 1 is 1.53 bits per heavy atom. The summed E-state index contributed by atoms with van der Waals surface area (Å²) in [7, 11) is 1.67. The van der Waals surface area contributed by atoms with Gasteiger partial charge in [0.2, 0.25) is 9.05 Å². The Labute approximate surface area is 106 Å². The first kappa shape index (κ1) is 12.9. The fourth-order valence-electron chi connectivity index (χ4n) is 2.20. The Balaban J connectivity index is 2.31. The molecule has 0 N–H and O–H groups in total. The molecule has 6 heteroatoms. The average Bonchev–Trinajstić information content (AvgIpc) is 2.64. The summed E-state index contributed by atoms with van der Waals surface area (Å²) in [6.45, 7) is 6.30. The summed E-state index contributed by atoms with van der Waals surface area (Å²) in [6, 6.07) is 0. The zero-order valence-electron chi connectivity index (χ0n) is 10.2. The van der Waals surface area contributed by atoms with Crippen molar-refractivity contribution in [1.29, 1.82) is 0 Å². The second-order valence-electron chi connectivity index (χ2n) is 5.25. The molecule has 1 saturated carbocycles. The first-order valence-corrected chi connectivity index (χ1v) is 8.12. The fraction of sp³-hybridized carbons (Fsp3) is 0.727. The highest BCUT2D eigenvalue weighted by Crippen LogP contribution is 2.59. The molecular weight excluding hydrogens is 262 g/mol. The first-order chi connectivity index (χ1) is 7.74. The highest BCUT2D eigenvalue weighted by atomic mass is 35.7. The van der Waals surface area contributed by atoms with E-state index >= 15 is 0 Å². The number of halogens is 1. The molecule has 0 saturated heterocycles. The molecular formula is C11H16ClNO3S. The monoisotopic (exact) mass is 277 g/mol. The summed E-state index contributed by atoms with van der Waals surface area (Å²) in [5.41, 5.74) is 1.60. The second-order valence-corrected chi connectivity index (χ2v) is 8.03. The van der Waals surface area contributed by atoms with E-state index in [-0.39, 0.29) is 11.2 Å². The van der Waals surface area contributed by atoms with Gasteiger partial charge in [-0.25, -0.2) is 8.42 Å². The van der Waals surface area contributed by atoms with Crippen LogP contribution in [0.25, 0.3) is 0 Å². The third-order valence-electron chi connectivity index (χ3n) is 3.39. The van der Waals surface area contributed by atoms with Crippen molar-refractivity contribution in [3.63, 3.8) is 0 Å². The lowest BCUT2D eigenvalue weighted by Gasteiger charge is -2.02. The molecule has 96 valence electrons. The summed E-state index contributed by atoms with van der Waals surface area (Å²) >= 11 is 0. The third kappa shape index (κ3) is 2.65. The predicted octanol–water partition coefficient (Wildman–Crippen LogP) is 2.82. The number of aromatic nitrogens is 1. The summed E-state index contributed by atoms with van der Waals surface area (Å²) in [6.07, 6.45) is 1.77. The van der Waals surface area contributed by atoms with Crippen LogP contribution in [0.5, 0.6) is 0 Å². The van der Waals surface area contributed by atoms with E-state index in [4.69, 9.17) is 15.2 Å². The van der Waals surface area contributed by atoms with Crippen molar-refractivity contribution in [3.8, 4) is 0 Å². The molecule has 1 aromatic rings. The lowest BCUT2D eigenvalue weighted by atomic mass is 10.0. The largest absolute Gasteiger partial charge is 0.360 e. The molecule has 1 heterocycles. The zero-order valence-corrected chi connectivity index (χ0v) is 11.7. The predicted molar refractivity (Wildman–Crippen MR) is 65.5 cm³/mol. The molecule has 1 fully saturated rings. The van der Waals surface area contributed by atoms with Gasteiger partial charge in [0, 0.05) is 22.2 Å². The molecule has 1 atom stereocenters. The van der Waals surface area contributed by atoms with Crippen molar-refractivity contribution < 1.29 is 12.9 Å². The number of hydrogen-bond acceptors (Lipinski definition) is 4. The van der Waals surface area contributed by atoms with Gasteiger partial charge in [-0.2, -0.15) is 0 Å². The topological polar surface area (TPSA) is 60.2 Å². The summed E-state index contributed by atoms with van der Waals surface area (Å²) in [5, 5.41) is 3.86. The van der Waals surface area contributed by atoms with Gasteiger partial charge in [-0.05, 0) is 18.3 Å². The molecule has 2 rings (SSSR count). The molecule has 4 nitrogen and oxygen atoms in total. The molecule has 0 amide bonds. The second kappa shape index (κ2) is 3.99. The molecule has 1 aliphatic rings. The molecule has 1 aromatic heterocycles. The van der Waals surface area contributed by atoms with E-state index in [1.165, 1.54) is 0 Å². The Hall–Kier alpha value is -0.550. The molecule has 0 bridgehead atoms. The van der Waals surface area contributed by atoms with Gasteiger partial charge in [0.25, 0.3) is 0 Å². The summed E-state index contributed by atoms with van der Waals surface area (Å²) in [5.74, 6) is 0.943. The molecule has 0 aliphatic heterocycles. The Bertz CT molecular complexity index is 533. The van der Waals surface area contributed by atoms with Gasteiger partial charge in [-0.1, -0.05) is 25.9 Å². The van der Waals surface area contributed by atoms with Gasteiger partial charge >= 0.3 is 0 Å². The fourth-order valence-corrected chi connectivity index (χ4v) is 3.06. The highest BCUT2D eigenvalue weighted by Gasteiger charge is 2.50. The van der Waals surface area contributed by atoms with Crippen LogP contribution in [0.1, 0.15) is 50.1 Å². The maximum atomic E-state index is 11.1. The normalized spacial score (nSPS) is 22.7. The maximum Gasteiger partial charge on any atom is 0.238 e. The molecule has 0 aromatic carbocycles. The van der Waals surface area contributed by atoms with Gasteiger partial charge in [0.1, 0.15) is 17.2 Å². The van der Waals surface area contributed by atoms with E-state index in [2.05, 4.69) is 19.0 Å². The minimum absolute atomic E-state index is 0.237. The van der Waals surface area contributed by atoms with Crippen molar-refractivity contribution in [1.82, 2.24) is 5.16 Å². The van der Waals surface area contributed by atoms with Gasteiger partial charge in [0.15, 0.2) is 0 Å². The minimum atomic E-state index is -3.58. The van der Waals surface area contributed by atoms with Crippen molar-refractivity contribution in [2.24, 2.45) is 5.41 Å². The molecule has 1 aliphatic carbocycles. The third-order valence-corrected chi connectivity index (χ3v) is 4.34. The van der Waals surface area contributed by atoms with Crippen LogP contribution >= 0.6 is 10.7 Å². The van der Waals surface area contributed by atoms with Crippen LogP contribution in [-0.2, 0) is 21.2 Å². The zero-order chi connectivity index (χ0) is 12.8. The van der Waals surface area contributed by atoms with E-state index < -0.39 is 9.05 Å². The Kier molecular flexibility index (Phi) is 3.02. The van der Waals surface area contributed by atoms with Crippen molar-refractivity contribution in [2.75, 3.05) is 0 Å². The van der Waals surface area contributed by atoms with Crippen molar-refractivity contribution in [2.45, 2.75) is 45.3 Å². The standard InChI is InChI=1S/C11H16ClNO3S/c1-4-7-9(6-17(12,14)15)13-16-10(7)8-5-11(8,2)3/h8H,4-6H2,1-3H3. The van der Waals surface area contributed by atoms with Crippen molar-refractivity contribution in [3.05, 3.63) is 17.0 Å². The van der Waals surface area contributed by atoms with Gasteiger partial charge in [0.05, 0.1) is 0 Å². The lowest BCUT2D eigenvalue weighted by molar-refractivity contribution is 0.368. The van der Waals surface area contributed by atoms with Gasteiger partial charge < -0.3 is 4.52 Å². The average molecular weight is 278 g/mol. The smallest absolute Gasteiger partial charge is 0.238 e. The summed E-state index contributed by atoms with van der Waals surface area (Å²) in [4.78, 5) is 0. The SMILES string of the molecule is CCc1c(CS(=O)(=O)Cl)noc1C1CC1(C)C. The first-order valence-electron chi connectivity index (χ1n) is 5.64. The Morgan fingerprint density at radius 3 is 2.53 bits per heavy atom. The van der Waals surface area contributed by atoms with Gasteiger partial charge in [-0.15, -0.1) is 0 Å². The quantitative estimate of drug-likeness (QED) is 0.794. The van der Waals surface area contributed by atoms with Crippen LogP contribution in [0.2, 0.25) is 0 Å². The number of hydrogen-bond donors (Lipinski definition) is 0. The lowest BCUT2D eigenvalue weighted by Crippen LogP contribution is -2.00. The molecule has 0 radical (unpaired) electrons. The number of rotatable bonds is 4. The van der Waals surface area contributed by atoms with Crippen LogP contribution < -0.4 is 0 Å². The van der Waals surface area contributed by atoms with Crippen molar-refractivity contribution >= 4 is 19.7 Å². The summed E-state index contributed by atoms with van der Waals surface area (Å²) < 4.78 is 27.5. The van der Waals surface area contributed by atoms with E-state index in [0.717, 1.165) is 17.7 Å². The van der Waals surface area contributed by atoms with E-state index in [1.807, 2.05) is 6.92 Å². The Morgan fingerprint density at radius 2 is 2.12 bits per heavy atom. The van der Waals surface area contributed by atoms with E-state index in [0.29, 0.717) is 18.0 Å². The van der Waals surface area contributed by atoms with Crippen LogP contribution in [0.3, 0.4) is 0 Å². The maximum absolute atomic E-state index is 11.1. The van der Waals surface area contributed by atoms with Crippen LogP contribution in [0, 0.1) is 5.41 Å². The van der Waals surface area contributed by atoms with E-state index in [1.54, 1.807) is 0 Å². The molecule has 1 unspecified atom stereocenters. The van der Waals surface area contributed by atoms with Crippen LogP contribution in [0.15, 0.2) is 4.52 Å². The van der Waals surface area contributed by atoms with Crippen LogP contribution in [-0.4, -0.2) is 13.6 Å². The molecule has 17 heavy (non-hydrogen) atoms. The van der Waals surface area contributed by atoms with Crippen LogP contribution in [0.4, 0.5) is 0 Å². The molecule has 0 spiro atoms. The van der Waals surface area contributed by atoms with E-state index in [9.17, 15) is 8.42 Å². The highest BCUT2D eigenvalue weighted by molar-refractivity contribution is 8.13. The number of nitrogens with zero attached hydrogens (tertiary/aromatic N) is 1. The van der Waals surface area contributed by atoms with Gasteiger partial charge in [-0.3, -0.25) is 0 Å².